The highest BCUT2D eigenvalue weighted by Gasteiger charge is 2.25. The molecule has 1 aliphatic heterocycles. The number of likely N-dealkylation sites (tertiary alicyclic amines) is 1. The number of hydrogen-bond donors (Lipinski definition) is 2. The summed E-state index contributed by atoms with van der Waals surface area (Å²) in [6, 6.07) is 8.05. The molecule has 0 radical (unpaired) electrons. The Morgan fingerprint density at radius 3 is 2.70 bits per heavy atom. The zero-order chi connectivity index (χ0) is 20.3. The van der Waals surface area contributed by atoms with E-state index < -0.39 is 0 Å². The summed E-state index contributed by atoms with van der Waals surface area (Å²) in [7, 11) is 3.42. The second-order valence-corrected chi connectivity index (χ2v) is 6.93. The van der Waals surface area contributed by atoms with Crippen molar-refractivity contribution < 1.29 is 13.9 Å². The Morgan fingerprint density at radius 1 is 1.23 bits per heavy atom. The Balaban J connectivity index is 0.00000320. The normalized spacial score (nSPS) is 15.5. The fraction of sp³-hybridized carbons (Fsp3) is 0.524. The summed E-state index contributed by atoms with van der Waals surface area (Å²) in [5.74, 6) is 2.34. The SMILES string of the molecule is CN=C(NCc1ccc(OCCOC)nc1)NCC(c1ccco1)N1CCCC1.I. The van der Waals surface area contributed by atoms with Crippen LogP contribution in [0.5, 0.6) is 5.88 Å². The first-order chi connectivity index (χ1) is 14.3. The number of pyridine rings is 1. The van der Waals surface area contributed by atoms with Gasteiger partial charge in [-0.1, -0.05) is 6.07 Å². The number of nitrogens with one attached hydrogen (secondary N) is 2. The lowest BCUT2D eigenvalue weighted by Gasteiger charge is -2.26. The van der Waals surface area contributed by atoms with Gasteiger partial charge in [0.1, 0.15) is 12.4 Å². The molecule has 166 valence electrons. The lowest BCUT2D eigenvalue weighted by Crippen LogP contribution is -2.42. The zero-order valence-corrected chi connectivity index (χ0v) is 20.0. The van der Waals surface area contributed by atoms with Gasteiger partial charge in [0.2, 0.25) is 5.88 Å². The number of aliphatic imine (C=N–C) groups is 1. The van der Waals surface area contributed by atoms with E-state index in [1.54, 1.807) is 26.6 Å². The molecule has 2 aromatic rings. The standard InChI is InChI=1S/C21H31N5O3.HI/c1-22-21(24-15-17-7-8-20(23-14-17)29-13-12-27-2)25-16-18(19-6-5-11-28-19)26-9-3-4-10-26;/h5-8,11,14,18H,3-4,9-10,12-13,15-16H2,1-2H3,(H2,22,24,25);1H. The predicted octanol–water partition coefficient (Wildman–Crippen LogP) is 2.82. The van der Waals surface area contributed by atoms with Crippen LogP contribution in [-0.2, 0) is 11.3 Å². The Hall–Kier alpha value is -1.85. The van der Waals surface area contributed by atoms with E-state index in [0.29, 0.717) is 25.6 Å². The third-order valence-electron chi connectivity index (χ3n) is 4.93. The van der Waals surface area contributed by atoms with Crippen LogP contribution in [0, 0.1) is 0 Å². The third-order valence-corrected chi connectivity index (χ3v) is 4.93. The van der Waals surface area contributed by atoms with Gasteiger partial charge < -0.3 is 24.5 Å². The Labute approximate surface area is 195 Å². The van der Waals surface area contributed by atoms with E-state index in [9.17, 15) is 0 Å². The van der Waals surface area contributed by atoms with Crippen LogP contribution in [0.15, 0.2) is 46.1 Å². The van der Waals surface area contributed by atoms with Crippen molar-refractivity contribution in [2.24, 2.45) is 4.99 Å². The lowest BCUT2D eigenvalue weighted by atomic mass is 10.2. The summed E-state index contributed by atoms with van der Waals surface area (Å²) in [5.41, 5.74) is 1.05. The van der Waals surface area contributed by atoms with Gasteiger partial charge in [0.05, 0.1) is 18.9 Å². The van der Waals surface area contributed by atoms with E-state index in [0.717, 1.165) is 36.9 Å². The van der Waals surface area contributed by atoms with Crippen LogP contribution in [0.1, 0.15) is 30.2 Å². The van der Waals surface area contributed by atoms with Gasteiger partial charge in [-0.2, -0.15) is 0 Å². The van der Waals surface area contributed by atoms with Gasteiger partial charge in [-0.3, -0.25) is 9.89 Å². The van der Waals surface area contributed by atoms with Gasteiger partial charge in [0, 0.05) is 39.5 Å². The molecule has 30 heavy (non-hydrogen) atoms. The van der Waals surface area contributed by atoms with Crippen molar-refractivity contribution >= 4 is 29.9 Å². The average molecular weight is 529 g/mol. The van der Waals surface area contributed by atoms with Crippen molar-refractivity contribution in [2.45, 2.75) is 25.4 Å². The Morgan fingerprint density at radius 2 is 2.07 bits per heavy atom. The fourth-order valence-electron chi connectivity index (χ4n) is 3.37. The molecule has 2 N–H and O–H groups in total. The minimum absolute atomic E-state index is 0. The largest absolute Gasteiger partial charge is 0.475 e. The van der Waals surface area contributed by atoms with Crippen molar-refractivity contribution in [3.63, 3.8) is 0 Å². The number of halogens is 1. The monoisotopic (exact) mass is 529 g/mol. The number of guanidine groups is 1. The van der Waals surface area contributed by atoms with Crippen molar-refractivity contribution in [2.75, 3.05) is 47.0 Å². The minimum atomic E-state index is 0. The van der Waals surface area contributed by atoms with E-state index in [1.807, 2.05) is 24.3 Å². The predicted molar refractivity (Wildman–Crippen MR) is 127 cm³/mol. The quantitative estimate of drug-likeness (QED) is 0.212. The summed E-state index contributed by atoms with van der Waals surface area (Å²) < 4.78 is 16.1. The van der Waals surface area contributed by atoms with Crippen LogP contribution in [0.2, 0.25) is 0 Å². The first-order valence-corrected chi connectivity index (χ1v) is 10.1. The molecule has 0 spiro atoms. The molecule has 1 fully saturated rings. The van der Waals surface area contributed by atoms with Gasteiger partial charge in [0.15, 0.2) is 5.96 Å². The lowest BCUT2D eigenvalue weighted by molar-refractivity contribution is 0.143. The van der Waals surface area contributed by atoms with Crippen molar-refractivity contribution in [3.05, 3.63) is 48.0 Å². The molecule has 3 rings (SSSR count). The Bertz CT molecular complexity index is 734. The number of hydrogen-bond acceptors (Lipinski definition) is 6. The van der Waals surface area contributed by atoms with Crippen molar-refractivity contribution in [3.8, 4) is 5.88 Å². The molecule has 8 nitrogen and oxygen atoms in total. The first-order valence-electron chi connectivity index (χ1n) is 10.1. The maximum absolute atomic E-state index is 5.68. The molecular weight excluding hydrogens is 497 g/mol. The highest BCUT2D eigenvalue weighted by molar-refractivity contribution is 14.0. The molecule has 0 saturated carbocycles. The molecule has 0 aromatic carbocycles. The van der Waals surface area contributed by atoms with Gasteiger partial charge in [-0.25, -0.2) is 4.98 Å². The summed E-state index contributed by atoms with van der Waals surface area (Å²) >= 11 is 0. The Kier molecular flexibility index (Phi) is 11.0. The molecule has 9 heteroatoms. The van der Waals surface area contributed by atoms with Gasteiger partial charge in [0.25, 0.3) is 0 Å². The van der Waals surface area contributed by atoms with Crippen LogP contribution >= 0.6 is 24.0 Å². The number of furan rings is 1. The van der Waals surface area contributed by atoms with Crippen LogP contribution in [-0.4, -0.2) is 62.8 Å². The smallest absolute Gasteiger partial charge is 0.213 e. The highest BCUT2D eigenvalue weighted by Crippen LogP contribution is 2.24. The van der Waals surface area contributed by atoms with Crippen LogP contribution in [0.25, 0.3) is 0 Å². The van der Waals surface area contributed by atoms with Crippen LogP contribution in [0.4, 0.5) is 0 Å². The minimum Gasteiger partial charge on any atom is -0.475 e. The molecule has 1 aliphatic rings. The highest BCUT2D eigenvalue weighted by atomic mass is 127. The van der Waals surface area contributed by atoms with Gasteiger partial charge in [-0.05, 0) is 43.6 Å². The number of methoxy groups -OCH3 is 1. The van der Waals surface area contributed by atoms with E-state index in [-0.39, 0.29) is 30.0 Å². The summed E-state index contributed by atoms with van der Waals surface area (Å²) in [6.07, 6.45) is 6.02. The summed E-state index contributed by atoms with van der Waals surface area (Å²) in [5, 5.41) is 6.77. The van der Waals surface area contributed by atoms with Crippen molar-refractivity contribution in [1.82, 2.24) is 20.5 Å². The molecule has 0 amide bonds. The molecule has 3 heterocycles. The third kappa shape index (κ3) is 7.44. The number of ether oxygens (including phenoxy) is 2. The number of rotatable bonds is 10. The number of nitrogens with zero attached hydrogens (tertiary/aromatic N) is 3. The van der Waals surface area contributed by atoms with E-state index in [2.05, 4.69) is 25.5 Å². The maximum atomic E-state index is 5.68. The number of aromatic nitrogens is 1. The van der Waals surface area contributed by atoms with Crippen molar-refractivity contribution in [1.29, 1.82) is 0 Å². The topological polar surface area (TPSA) is 84.2 Å². The van der Waals surface area contributed by atoms with Gasteiger partial charge >= 0.3 is 0 Å². The maximum Gasteiger partial charge on any atom is 0.213 e. The summed E-state index contributed by atoms with van der Waals surface area (Å²) in [6.45, 7) is 4.60. The second kappa shape index (κ2) is 13.5. The molecule has 0 bridgehead atoms. The molecular formula is C21H32IN5O3. The molecule has 1 unspecified atom stereocenters. The van der Waals surface area contributed by atoms with E-state index in [4.69, 9.17) is 13.9 Å². The zero-order valence-electron chi connectivity index (χ0n) is 17.7. The molecule has 2 aromatic heterocycles. The first kappa shape index (κ1) is 24.4. The summed E-state index contributed by atoms with van der Waals surface area (Å²) in [4.78, 5) is 11.1. The molecule has 1 atom stereocenters. The average Bonchev–Trinajstić information content (AvgIpc) is 3.46. The van der Waals surface area contributed by atoms with E-state index >= 15 is 0 Å². The van der Waals surface area contributed by atoms with Crippen LogP contribution in [0.3, 0.4) is 0 Å². The fourth-order valence-corrected chi connectivity index (χ4v) is 3.37. The van der Waals surface area contributed by atoms with E-state index in [1.165, 1.54) is 12.8 Å². The second-order valence-electron chi connectivity index (χ2n) is 6.93. The van der Waals surface area contributed by atoms with Crippen LogP contribution < -0.4 is 15.4 Å². The molecule has 0 aliphatic carbocycles. The molecule has 1 saturated heterocycles. The van der Waals surface area contributed by atoms with Gasteiger partial charge in [-0.15, -0.1) is 24.0 Å².